The maximum Gasteiger partial charge on any atom is 0.243 e. The highest BCUT2D eigenvalue weighted by atomic mass is 19.1. The fourth-order valence-electron chi connectivity index (χ4n) is 2.49. The minimum atomic E-state index is -0.312. The average Bonchev–Trinajstić information content (AvgIpc) is 2.67. The van der Waals surface area contributed by atoms with Crippen LogP contribution in [0.25, 0.3) is 22.5 Å². The Bertz CT molecular complexity index is 866. The molecule has 2 aromatic carbocycles. The first kappa shape index (κ1) is 17.8. The molecule has 0 aliphatic heterocycles. The van der Waals surface area contributed by atoms with Crippen molar-refractivity contribution in [1.29, 1.82) is 0 Å². The van der Waals surface area contributed by atoms with Gasteiger partial charge in [0.1, 0.15) is 17.2 Å². The van der Waals surface area contributed by atoms with E-state index in [1.807, 2.05) is 43.3 Å². The number of halogens is 1. The number of rotatable bonds is 6. The molecule has 6 nitrogen and oxygen atoms in total. The third-order valence-corrected chi connectivity index (χ3v) is 3.86. The van der Waals surface area contributed by atoms with Gasteiger partial charge in [0.15, 0.2) is 0 Å². The van der Waals surface area contributed by atoms with Gasteiger partial charge in [-0.05, 0) is 36.4 Å². The Morgan fingerprint density at radius 1 is 0.923 bits per heavy atom. The highest BCUT2D eigenvalue weighted by Crippen LogP contribution is 2.30. The monoisotopic (exact) mass is 353 g/mol. The number of aliphatic hydroxyl groups excluding tert-OH is 1. The molecule has 0 saturated carbocycles. The number of aromatic nitrogens is 3. The summed E-state index contributed by atoms with van der Waals surface area (Å²) in [6, 6.07) is 14.0. The van der Waals surface area contributed by atoms with Gasteiger partial charge in [0.2, 0.25) is 5.95 Å². The van der Waals surface area contributed by atoms with E-state index < -0.39 is 0 Å². The lowest BCUT2D eigenvalue weighted by molar-refractivity contribution is 0.310. The van der Waals surface area contributed by atoms with Gasteiger partial charge in [-0.25, -0.2) is 9.37 Å². The second kappa shape index (κ2) is 7.88. The predicted molar refractivity (Wildman–Crippen MR) is 101 cm³/mol. The molecule has 0 atom stereocenters. The van der Waals surface area contributed by atoms with E-state index in [0.29, 0.717) is 23.9 Å². The van der Waals surface area contributed by atoms with Gasteiger partial charge in [-0.2, -0.15) is 0 Å². The van der Waals surface area contributed by atoms with Crippen LogP contribution in [0.5, 0.6) is 0 Å². The van der Waals surface area contributed by atoms with Crippen LogP contribution >= 0.6 is 0 Å². The minimum Gasteiger partial charge on any atom is -0.395 e. The molecular formula is C19H20FN5O. The fraction of sp³-hybridized carbons (Fsp3) is 0.211. The SMILES string of the molecule is CN(C)c1ccc(-c2nc(NCCO)nnc2-c2ccc(F)cc2)cc1. The molecule has 2 N–H and O–H groups in total. The van der Waals surface area contributed by atoms with Crippen LogP contribution in [0.15, 0.2) is 48.5 Å². The molecular weight excluding hydrogens is 333 g/mol. The molecule has 0 spiro atoms. The number of anilines is 2. The second-order valence-electron chi connectivity index (χ2n) is 5.93. The zero-order valence-electron chi connectivity index (χ0n) is 14.6. The Hall–Kier alpha value is -3.06. The summed E-state index contributed by atoms with van der Waals surface area (Å²) < 4.78 is 13.3. The number of hydrogen-bond donors (Lipinski definition) is 2. The van der Waals surface area contributed by atoms with Gasteiger partial charge >= 0.3 is 0 Å². The topological polar surface area (TPSA) is 74.2 Å². The zero-order chi connectivity index (χ0) is 18.5. The van der Waals surface area contributed by atoms with E-state index in [4.69, 9.17) is 5.11 Å². The van der Waals surface area contributed by atoms with Gasteiger partial charge in [0.25, 0.3) is 0 Å². The number of benzene rings is 2. The molecule has 0 aliphatic rings. The summed E-state index contributed by atoms with van der Waals surface area (Å²) in [5.41, 5.74) is 3.87. The van der Waals surface area contributed by atoms with Crippen LogP contribution < -0.4 is 10.2 Å². The molecule has 0 aliphatic carbocycles. The first-order chi connectivity index (χ1) is 12.6. The number of hydrogen-bond acceptors (Lipinski definition) is 6. The second-order valence-corrected chi connectivity index (χ2v) is 5.93. The van der Waals surface area contributed by atoms with E-state index >= 15 is 0 Å². The molecule has 3 aromatic rings. The highest BCUT2D eigenvalue weighted by molar-refractivity contribution is 5.78. The van der Waals surface area contributed by atoms with Crippen molar-refractivity contribution in [3.8, 4) is 22.5 Å². The molecule has 0 radical (unpaired) electrons. The first-order valence-corrected chi connectivity index (χ1v) is 8.21. The first-order valence-electron chi connectivity index (χ1n) is 8.21. The Kier molecular flexibility index (Phi) is 5.38. The van der Waals surface area contributed by atoms with Crippen molar-refractivity contribution in [2.75, 3.05) is 37.5 Å². The number of nitrogens with zero attached hydrogens (tertiary/aromatic N) is 4. The summed E-state index contributed by atoms with van der Waals surface area (Å²) in [6.07, 6.45) is 0. The van der Waals surface area contributed by atoms with E-state index in [9.17, 15) is 4.39 Å². The van der Waals surface area contributed by atoms with Gasteiger partial charge in [0, 0.05) is 37.5 Å². The Morgan fingerprint density at radius 3 is 2.15 bits per heavy atom. The van der Waals surface area contributed by atoms with Crippen molar-refractivity contribution in [1.82, 2.24) is 15.2 Å². The summed E-state index contributed by atoms with van der Waals surface area (Å²) in [5, 5.41) is 20.2. The molecule has 0 fully saturated rings. The van der Waals surface area contributed by atoms with Gasteiger partial charge < -0.3 is 15.3 Å². The Labute approximate surface area is 151 Å². The molecule has 0 bridgehead atoms. The van der Waals surface area contributed by atoms with Gasteiger partial charge in [-0.1, -0.05) is 12.1 Å². The quantitative estimate of drug-likeness (QED) is 0.710. The largest absolute Gasteiger partial charge is 0.395 e. The van der Waals surface area contributed by atoms with Crippen molar-refractivity contribution < 1.29 is 9.50 Å². The minimum absolute atomic E-state index is 0.0318. The molecule has 3 rings (SSSR count). The van der Waals surface area contributed by atoms with Crippen LogP contribution in [-0.2, 0) is 0 Å². The van der Waals surface area contributed by atoms with E-state index in [2.05, 4.69) is 20.5 Å². The summed E-state index contributed by atoms with van der Waals surface area (Å²) in [7, 11) is 3.95. The van der Waals surface area contributed by atoms with Gasteiger partial charge in [-0.15, -0.1) is 10.2 Å². The molecule has 134 valence electrons. The molecule has 1 aromatic heterocycles. The van der Waals surface area contributed by atoms with Crippen molar-refractivity contribution in [3.63, 3.8) is 0 Å². The lowest BCUT2D eigenvalue weighted by Crippen LogP contribution is -2.11. The van der Waals surface area contributed by atoms with E-state index in [0.717, 1.165) is 16.8 Å². The third-order valence-electron chi connectivity index (χ3n) is 3.86. The van der Waals surface area contributed by atoms with E-state index in [1.165, 1.54) is 12.1 Å². The van der Waals surface area contributed by atoms with E-state index in [1.54, 1.807) is 12.1 Å². The Balaban J connectivity index is 2.07. The normalized spacial score (nSPS) is 10.6. The highest BCUT2D eigenvalue weighted by Gasteiger charge is 2.14. The molecule has 0 unspecified atom stereocenters. The van der Waals surface area contributed by atoms with E-state index in [-0.39, 0.29) is 12.4 Å². The standard InChI is InChI=1S/C19H20FN5O/c1-25(2)16-9-5-13(6-10-16)17-18(14-3-7-15(20)8-4-14)23-24-19(22-17)21-11-12-26/h3-10,26H,11-12H2,1-2H3,(H,21,22,24). The Morgan fingerprint density at radius 2 is 1.54 bits per heavy atom. The number of aliphatic hydroxyl groups is 1. The summed E-state index contributed by atoms with van der Waals surface area (Å²) in [5.74, 6) is 0.0179. The lowest BCUT2D eigenvalue weighted by Gasteiger charge is -2.14. The van der Waals surface area contributed by atoms with Crippen LogP contribution in [0.2, 0.25) is 0 Å². The maximum absolute atomic E-state index is 13.3. The molecule has 7 heteroatoms. The average molecular weight is 353 g/mol. The van der Waals surface area contributed by atoms with Crippen molar-refractivity contribution >= 4 is 11.6 Å². The number of nitrogens with one attached hydrogen (secondary N) is 1. The lowest BCUT2D eigenvalue weighted by atomic mass is 10.0. The molecule has 1 heterocycles. The summed E-state index contributed by atoms with van der Waals surface area (Å²) >= 11 is 0. The maximum atomic E-state index is 13.3. The van der Waals surface area contributed by atoms with Crippen LogP contribution in [0.4, 0.5) is 16.0 Å². The summed E-state index contributed by atoms with van der Waals surface area (Å²) in [6.45, 7) is 0.298. The predicted octanol–water partition coefficient (Wildman–Crippen LogP) is 2.81. The van der Waals surface area contributed by atoms with Crippen molar-refractivity contribution in [2.45, 2.75) is 0 Å². The van der Waals surface area contributed by atoms with Gasteiger partial charge in [0.05, 0.1) is 6.61 Å². The zero-order valence-corrected chi connectivity index (χ0v) is 14.6. The smallest absolute Gasteiger partial charge is 0.243 e. The van der Waals surface area contributed by atoms with Crippen molar-refractivity contribution in [3.05, 3.63) is 54.3 Å². The van der Waals surface area contributed by atoms with Gasteiger partial charge in [-0.3, -0.25) is 0 Å². The van der Waals surface area contributed by atoms with Crippen molar-refractivity contribution in [2.24, 2.45) is 0 Å². The van der Waals surface area contributed by atoms with Crippen LogP contribution in [0.3, 0.4) is 0 Å². The fourth-order valence-corrected chi connectivity index (χ4v) is 2.49. The molecule has 0 amide bonds. The van der Waals surface area contributed by atoms with Crippen LogP contribution in [-0.4, -0.2) is 47.5 Å². The molecule has 26 heavy (non-hydrogen) atoms. The molecule has 0 saturated heterocycles. The summed E-state index contributed by atoms with van der Waals surface area (Å²) in [4.78, 5) is 6.56. The third kappa shape index (κ3) is 3.94. The van der Waals surface area contributed by atoms with Crippen LogP contribution in [0, 0.1) is 5.82 Å². The van der Waals surface area contributed by atoms with Crippen LogP contribution in [0.1, 0.15) is 0 Å².